The number of hydrogen-bond donors (Lipinski definition) is 1. The van der Waals surface area contributed by atoms with Crippen molar-refractivity contribution in [2.75, 3.05) is 12.4 Å². The van der Waals surface area contributed by atoms with Crippen LogP contribution in [0.5, 0.6) is 5.88 Å². The number of rotatable bonds is 4. The Balaban J connectivity index is 2.25. The fourth-order valence-electron chi connectivity index (χ4n) is 2.34. The van der Waals surface area contributed by atoms with Gasteiger partial charge in [0.2, 0.25) is 11.7 Å². The molecule has 2 unspecified atom stereocenters. The third kappa shape index (κ3) is 2.52. The summed E-state index contributed by atoms with van der Waals surface area (Å²) in [6, 6.07) is 3.18. The lowest BCUT2D eigenvalue weighted by Crippen LogP contribution is -2.23. The molecule has 1 saturated carbocycles. The van der Waals surface area contributed by atoms with Crippen LogP contribution < -0.4 is 10.1 Å². The van der Waals surface area contributed by atoms with E-state index in [1.807, 2.05) is 0 Å². The second-order valence-electron chi connectivity index (χ2n) is 4.64. The third-order valence-corrected chi connectivity index (χ3v) is 3.44. The summed E-state index contributed by atoms with van der Waals surface area (Å²) in [6.07, 6.45) is 3.32. The van der Waals surface area contributed by atoms with Gasteiger partial charge in [-0.15, -0.1) is 0 Å². The van der Waals surface area contributed by atoms with Crippen LogP contribution in [-0.2, 0) is 0 Å². The molecule has 18 heavy (non-hydrogen) atoms. The number of aromatic nitrogens is 1. The highest BCUT2D eigenvalue weighted by molar-refractivity contribution is 5.57. The van der Waals surface area contributed by atoms with E-state index in [9.17, 15) is 10.1 Å². The van der Waals surface area contributed by atoms with Crippen molar-refractivity contribution in [3.8, 4) is 5.88 Å². The molecule has 1 aliphatic carbocycles. The monoisotopic (exact) mass is 251 g/mol. The van der Waals surface area contributed by atoms with Crippen molar-refractivity contribution in [1.29, 1.82) is 0 Å². The quantitative estimate of drug-likeness (QED) is 0.657. The summed E-state index contributed by atoms with van der Waals surface area (Å²) in [7, 11) is 1.50. The molecule has 2 atom stereocenters. The van der Waals surface area contributed by atoms with Gasteiger partial charge in [-0.1, -0.05) is 13.3 Å². The normalized spacial score (nSPS) is 22.8. The summed E-state index contributed by atoms with van der Waals surface area (Å²) in [5.41, 5.74) is -0.00472. The molecule has 2 rings (SSSR count). The maximum atomic E-state index is 11.0. The van der Waals surface area contributed by atoms with Gasteiger partial charge in [0.15, 0.2) is 0 Å². The van der Waals surface area contributed by atoms with Gasteiger partial charge in [-0.3, -0.25) is 10.1 Å². The molecule has 1 aliphatic rings. The van der Waals surface area contributed by atoms with Crippen molar-refractivity contribution in [3.05, 3.63) is 22.2 Å². The first-order valence-electron chi connectivity index (χ1n) is 6.07. The Kier molecular flexibility index (Phi) is 3.64. The molecule has 6 nitrogen and oxygen atoms in total. The van der Waals surface area contributed by atoms with E-state index in [0.29, 0.717) is 17.6 Å². The van der Waals surface area contributed by atoms with Gasteiger partial charge < -0.3 is 10.1 Å². The molecular weight excluding hydrogens is 234 g/mol. The van der Waals surface area contributed by atoms with Crippen molar-refractivity contribution in [2.45, 2.75) is 32.2 Å². The van der Waals surface area contributed by atoms with Crippen LogP contribution in [0.3, 0.4) is 0 Å². The molecule has 0 spiro atoms. The van der Waals surface area contributed by atoms with Gasteiger partial charge in [0.05, 0.1) is 12.0 Å². The first-order chi connectivity index (χ1) is 8.61. The number of nitrogens with zero attached hydrogens (tertiary/aromatic N) is 2. The standard InChI is InChI=1S/C12H17N3O3/c1-8-4-3-5-9(8)13-12-10(15(16)17)6-7-11(14-12)18-2/h6-9H,3-5H2,1-2H3,(H,13,14). The molecule has 0 saturated heterocycles. The van der Waals surface area contributed by atoms with Crippen molar-refractivity contribution in [3.63, 3.8) is 0 Å². The van der Waals surface area contributed by atoms with Crippen LogP contribution in [0, 0.1) is 16.0 Å². The lowest BCUT2D eigenvalue weighted by atomic mass is 10.1. The van der Waals surface area contributed by atoms with E-state index in [1.165, 1.54) is 19.2 Å². The van der Waals surface area contributed by atoms with Crippen LogP contribution in [0.2, 0.25) is 0 Å². The Hall–Kier alpha value is -1.85. The number of nitro groups is 1. The van der Waals surface area contributed by atoms with Crippen LogP contribution in [0.1, 0.15) is 26.2 Å². The zero-order chi connectivity index (χ0) is 13.1. The Morgan fingerprint density at radius 3 is 2.83 bits per heavy atom. The topological polar surface area (TPSA) is 77.3 Å². The lowest BCUT2D eigenvalue weighted by Gasteiger charge is -2.18. The molecule has 1 aromatic heterocycles. The van der Waals surface area contributed by atoms with E-state index in [0.717, 1.165) is 19.3 Å². The van der Waals surface area contributed by atoms with Gasteiger partial charge in [0, 0.05) is 18.2 Å². The molecule has 1 N–H and O–H groups in total. The highest BCUT2D eigenvalue weighted by Gasteiger charge is 2.26. The van der Waals surface area contributed by atoms with Crippen molar-refractivity contribution in [2.24, 2.45) is 5.92 Å². The third-order valence-electron chi connectivity index (χ3n) is 3.44. The summed E-state index contributed by atoms with van der Waals surface area (Å²) in [5, 5.41) is 14.1. The summed E-state index contributed by atoms with van der Waals surface area (Å²) in [6.45, 7) is 2.15. The SMILES string of the molecule is COc1ccc([N+](=O)[O-])c(NC2CCCC2C)n1. The molecular formula is C12H17N3O3. The van der Waals surface area contributed by atoms with E-state index in [1.54, 1.807) is 0 Å². The first-order valence-corrected chi connectivity index (χ1v) is 6.07. The van der Waals surface area contributed by atoms with Crippen LogP contribution in [0.25, 0.3) is 0 Å². The number of pyridine rings is 1. The number of anilines is 1. The molecule has 0 amide bonds. The Bertz CT molecular complexity index is 450. The van der Waals surface area contributed by atoms with Gasteiger partial charge in [-0.25, -0.2) is 0 Å². The predicted molar refractivity (Wildman–Crippen MR) is 67.9 cm³/mol. The maximum absolute atomic E-state index is 11.0. The van der Waals surface area contributed by atoms with Crippen LogP contribution >= 0.6 is 0 Å². The Labute approximate surface area is 106 Å². The highest BCUT2D eigenvalue weighted by Crippen LogP contribution is 2.31. The van der Waals surface area contributed by atoms with Crippen LogP contribution in [0.15, 0.2) is 12.1 Å². The van der Waals surface area contributed by atoms with Crippen molar-refractivity contribution < 1.29 is 9.66 Å². The van der Waals surface area contributed by atoms with Crippen LogP contribution in [0.4, 0.5) is 11.5 Å². The zero-order valence-corrected chi connectivity index (χ0v) is 10.5. The van der Waals surface area contributed by atoms with Gasteiger partial charge in [0.1, 0.15) is 0 Å². The van der Waals surface area contributed by atoms with Gasteiger partial charge in [-0.05, 0) is 18.8 Å². The molecule has 0 aliphatic heterocycles. The summed E-state index contributed by atoms with van der Waals surface area (Å²) < 4.78 is 5.01. The smallest absolute Gasteiger partial charge is 0.311 e. The lowest BCUT2D eigenvalue weighted by molar-refractivity contribution is -0.384. The molecule has 1 heterocycles. The Morgan fingerprint density at radius 1 is 1.50 bits per heavy atom. The van der Waals surface area contributed by atoms with E-state index in [4.69, 9.17) is 4.74 Å². The molecule has 0 aromatic carbocycles. The second-order valence-corrected chi connectivity index (χ2v) is 4.64. The minimum absolute atomic E-state index is 0.00472. The second kappa shape index (κ2) is 5.20. The fourth-order valence-corrected chi connectivity index (χ4v) is 2.34. The fraction of sp³-hybridized carbons (Fsp3) is 0.583. The molecule has 1 fully saturated rings. The minimum atomic E-state index is -0.422. The predicted octanol–water partition coefficient (Wildman–Crippen LogP) is 2.60. The maximum Gasteiger partial charge on any atom is 0.311 e. The van der Waals surface area contributed by atoms with E-state index >= 15 is 0 Å². The van der Waals surface area contributed by atoms with Gasteiger partial charge in [0.25, 0.3) is 0 Å². The van der Waals surface area contributed by atoms with E-state index in [2.05, 4.69) is 17.2 Å². The summed E-state index contributed by atoms with van der Waals surface area (Å²) >= 11 is 0. The van der Waals surface area contributed by atoms with E-state index < -0.39 is 4.92 Å². The molecule has 6 heteroatoms. The van der Waals surface area contributed by atoms with Crippen LogP contribution in [-0.4, -0.2) is 23.1 Å². The number of nitrogens with one attached hydrogen (secondary N) is 1. The molecule has 0 bridgehead atoms. The molecule has 1 aromatic rings. The first kappa shape index (κ1) is 12.6. The van der Waals surface area contributed by atoms with E-state index in [-0.39, 0.29) is 11.7 Å². The van der Waals surface area contributed by atoms with Crippen molar-refractivity contribution in [1.82, 2.24) is 4.98 Å². The average molecular weight is 251 g/mol. The highest BCUT2D eigenvalue weighted by atomic mass is 16.6. The minimum Gasteiger partial charge on any atom is -0.481 e. The molecule has 0 radical (unpaired) electrons. The molecule has 98 valence electrons. The van der Waals surface area contributed by atoms with Crippen molar-refractivity contribution >= 4 is 11.5 Å². The summed E-state index contributed by atoms with van der Waals surface area (Å²) in [5.74, 6) is 1.20. The largest absolute Gasteiger partial charge is 0.481 e. The van der Waals surface area contributed by atoms with Gasteiger partial charge in [-0.2, -0.15) is 4.98 Å². The number of hydrogen-bond acceptors (Lipinski definition) is 5. The number of ether oxygens (including phenoxy) is 1. The van der Waals surface area contributed by atoms with Gasteiger partial charge >= 0.3 is 5.69 Å². The zero-order valence-electron chi connectivity index (χ0n) is 10.5. The summed E-state index contributed by atoms with van der Waals surface area (Å²) in [4.78, 5) is 14.7. The Morgan fingerprint density at radius 2 is 2.28 bits per heavy atom. The average Bonchev–Trinajstić information content (AvgIpc) is 2.74. The number of methoxy groups -OCH3 is 1.